The van der Waals surface area contributed by atoms with Gasteiger partial charge in [-0.1, -0.05) is 35.3 Å². The first-order valence-electron chi connectivity index (χ1n) is 12.2. The van der Waals surface area contributed by atoms with Gasteiger partial charge in [-0.15, -0.1) is 0 Å². The normalized spacial score (nSPS) is 10.7. The van der Waals surface area contributed by atoms with E-state index in [0.717, 1.165) is 5.56 Å². The lowest BCUT2D eigenvalue weighted by Gasteiger charge is -2.22. The minimum Gasteiger partial charge on any atom is -0.493 e. The van der Waals surface area contributed by atoms with Crippen molar-refractivity contribution in [2.75, 3.05) is 46.3 Å². The van der Waals surface area contributed by atoms with Crippen LogP contribution in [0.2, 0.25) is 10.0 Å². The number of imidazole rings is 1. The number of ether oxygens (including phenoxy) is 3. The number of halogens is 2. The molecular formula is C29H28Cl2N4O5. The van der Waals surface area contributed by atoms with Crippen LogP contribution in [0.15, 0.2) is 72.9 Å². The summed E-state index contributed by atoms with van der Waals surface area (Å²) in [5.41, 5.74) is 2.49. The van der Waals surface area contributed by atoms with Gasteiger partial charge in [0.1, 0.15) is 6.54 Å². The molecule has 0 spiro atoms. The van der Waals surface area contributed by atoms with Crippen LogP contribution >= 0.6 is 23.2 Å². The number of amides is 2. The van der Waals surface area contributed by atoms with Crippen molar-refractivity contribution in [2.24, 2.45) is 0 Å². The van der Waals surface area contributed by atoms with Gasteiger partial charge in [0.05, 0.1) is 32.2 Å². The van der Waals surface area contributed by atoms with Crippen molar-refractivity contribution in [1.82, 2.24) is 14.5 Å². The van der Waals surface area contributed by atoms with Crippen molar-refractivity contribution < 1.29 is 23.8 Å². The van der Waals surface area contributed by atoms with Gasteiger partial charge in [0, 0.05) is 47.1 Å². The van der Waals surface area contributed by atoms with E-state index >= 15 is 0 Å². The van der Waals surface area contributed by atoms with Gasteiger partial charge in [-0.05, 0) is 48.5 Å². The Kier molecular flexibility index (Phi) is 9.65. The summed E-state index contributed by atoms with van der Waals surface area (Å²) in [5, 5.41) is 3.96. The van der Waals surface area contributed by atoms with Crippen LogP contribution in [0.5, 0.6) is 11.5 Å². The zero-order chi connectivity index (χ0) is 28.6. The highest BCUT2D eigenvalue weighted by molar-refractivity contribution is 6.31. The lowest BCUT2D eigenvalue weighted by Crippen LogP contribution is -2.40. The molecule has 208 valence electrons. The molecule has 4 rings (SSSR count). The number of anilines is 1. The van der Waals surface area contributed by atoms with Gasteiger partial charge >= 0.3 is 0 Å². The SMILES string of the molecule is COCCN(CC(=O)Nc1nc(-c2ccc(Cl)cc2)cn1-c1ccc(OC)c(OC)c1)C(=O)c1ccc(Cl)cc1. The molecule has 0 aliphatic rings. The Morgan fingerprint density at radius 1 is 0.900 bits per heavy atom. The van der Waals surface area contributed by atoms with Crippen LogP contribution in [-0.4, -0.2) is 67.3 Å². The summed E-state index contributed by atoms with van der Waals surface area (Å²) in [6, 6.07) is 19.0. The zero-order valence-electron chi connectivity index (χ0n) is 22.2. The maximum absolute atomic E-state index is 13.3. The molecule has 0 saturated heterocycles. The fourth-order valence-electron chi connectivity index (χ4n) is 3.97. The predicted octanol–water partition coefficient (Wildman–Crippen LogP) is 5.59. The fourth-order valence-corrected chi connectivity index (χ4v) is 4.22. The molecule has 3 aromatic carbocycles. The third-order valence-corrected chi connectivity index (χ3v) is 6.52. The summed E-state index contributed by atoms with van der Waals surface area (Å²) in [4.78, 5) is 32.6. The van der Waals surface area contributed by atoms with Crippen LogP contribution in [0, 0.1) is 0 Å². The number of hydrogen-bond acceptors (Lipinski definition) is 6. The highest BCUT2D eigenvalue weighted by atomic mass is 35.5. The van der Waals surface area contributed by atoms with Gasteiger partial charge in [-0.25, -0.2) is 4.98 Å². The van der Waals surface area contributed by atoms with Gasteiger partial charge < -0.3 is 19.1 Å². The Labute approximate surface area is 242 Å². The van der Waals surface area contributed by atoms with E-state index < -0.39 is 5.91 Å². The predicted molar refractivity (Wildman–Crippen MR) is 155 cm³/mol. The number of nitrogens with one attached hydrogen (secondary N) is 1. The van der Waals surface area contributed by atoms with E-state index in [0.29, 0.717) is 38.5 Å². The van der Waals surface area contributed by atoms with Crippen molar-refractivity contribution in [2.45, 2.75) is 0 Å². The Morgan fingerprint density at radius 3 is 2.17 bits per heavy atom. The largest absolute Gasteiger partial charge is 0.493 e. The first-order chi connectivity index (χ1) is 19.3. The van der Waals surface area contributed by atoms with Gasteiger partial charge in [-0.2, -0.15) is 0 Å². The Balaban J connectivity index is 1.65. The summed E-state index contributed by atoms with van der Waals surface area (Å²) in [7, 11) is 4.63. The quantitative estimate of drug-likeness (QED) is 0.248. The van der Waals surface area contributed by atoms with E-state index in [1.807, 2.05) is 18.2 Å². The Morgan fingerprint density at radius 2 is 1.55 bits per heavy atom. The Bertz CT molecular complexity index is 1470. The lowest BCUT2D eigenvalue weighted by molar-refractivity contribution is -0.117. The van der Waals surface area contributed by atoms with E-state index in [-0.39, 0.29) is 31.6 Å². The number of benzene rings is 3. The molecule has 40 heavy (non-hydrogen) atoms. The molecule has 0 atom stereocenters. The molecule has 0 aliphatic carbocycles. The van der Waals surface area contributed by atoms with Gasteiger partial charge in [-0.3, -0.25) is 19.5 Å². The van der Waals surface area contributed by atoms with Crippen molar-refractivity contribution in [3.05, 3.63) is 88.5 Å². The smallest absolute Gasteiger partial charge is 0.254 e. The second kappa shape index (κ2) is 13.3. The standard InChI is InChI=1S/C29H28Cl2N4O5/c1-38-15-14-34(28(37)20-6-10-22(31)11-7-20)18-27(36)33-29-32-24(19-4-8-21(30)9-5-19)17-35(29)23-12-13-25(39-2)26(16-23)40-3/h4-13,16-17H,14-15,18H2,1-3H3,(H,32,33,36). The molecule has 0 bridgehead atoms. The second-order valence-corrected chi connectivity index (χ2v) is 9.51. The van der Waals surface area contributed by atoms with Crippen LogP contribution in [0.3, 0.4) is 0 Å². The summed E-state index contributed by atoms with van der Waals surface area (Å²) in [6.07, 6.45) is 1.79. The molecular weight excluding hydrogens is 555 g/mol. The topological polar surface area (TPSA) is 94.9 Å². The average molecular weight is 583 g/mol. The van der Waals surface area contributed by atoms with Gasteiger partial charge in [0.25, 0.3) is 5.91 Å². The van der Waals surface area contributed by atoms with E-state index in [9.17, 15) is 9.59 Å². The van der Waals surface area contributed by atoms with E-state index in [4.69, 9.17) is 37.4 Å². The molecule has 0 aliphatic heterocycles. The van der Waals surface area contributed by atoms with Crippen molar-refractivity contribution in [1.29, 1.82) is 0 Å². The van der Waals surface area contributed by atoms with Crippen LogP contribution in [0.1, 0.15) is 10.4 Å². The van der Waals surface area contributed by atoms with Crippen LogP contribution in [0.4, 0.5) is 5.95 Å². The van der Waals surface area contributed by atoms with Crippen LogP contribution in [0.25, 0.3) is 16.9 Å². The number of carbonyl (C=O) groups excluding carboxylic acids is 2. The van der Waals surface area contributed by atoms with Gasteiger partial charge in [0.15, 0.2) is 11.5 Å². The first kappa shape index (κ1) is 28.9. The van der Waals surface area contributed by atoms with Crippen molar-refractivity contribution in [3.8, 4) is 28.4 Å². The van der Waals surface area contributed by atoms with Crippen LogP contribution < -0.4 is 14.8 Å². The minimum atomic E-state index is -0.437. The second-order valence-electron chi connectivity index (χ2n) is 8.64. The molecule has 0 radical (unpaired) electrons. The molecule has 2 amide bonds. The number of hydrogen-bond donors (Lipinski definition) is 1. The zero-order valence-corrected chi connectivity index (χ0v) is 23.7. The van der Waals surface area contributed by atoms with E-state index in [1.165, 1.54) is 12.0 Å². The number of aromatic nitrogens is 2. The molecule has 4 aromatic rings. The highest BCUT2D eigenvalue weighted by Gasteiger charge is 2.21. The lowest BCUT2D eigenvalue weighted by atomic mass is 10.2. The molecule has 0 saturated carbocycles. The average Bonchev–Trinajstić information content (AvgIpc) is 3.38. The van der Waals surface area contributed by atoms with Crippen molar-refractivity contribution >= 4 is 41.0 Å². The van der Waals surface area contributed by atoms with Crippen molar-refractivity contribution in [3.63, 3.8) is 0 Å². The maximum Gasteiger partial charge on any atom is 0.254 e. The fraction of sp³-hybridized carbons (Fsp3) is 0.207. The first-order valence-corrected chi connectivity index (χ1v) is 13.0. The Hall–Kier alpha value is -4.05. The molecule has 1 heterocycles. The van der Waals surface area contributed by atoms with E-state index in [2.05, 4.69) is 10.3 Å². The summed E-state index contributed by atoms with van der Waals surface area (Å²) in [6.45, 7) is 0.249. The monoisotopic (exact) mass is 582 g/mol. The highest BCUT2D eigenvalue weighted by Crippen LogP contribution is 2.32. The molecule has 0 fully saturated rings. The third-order valence-electron chi connectivity index (χ3n) is 6.02. The van der Waals surface area contributed by atoms with Gasteiger partial charge in [0.2, 0.25) is 11.9 Å². The summed E-state index contributed by atoms with van der Waals surface area (Å²) < 4.78 is 17.7. The molecule has 1 N–H and O–H groups in total. The number of carbonyl (C=O) groups is 2. The summed E-state index contributed by atoms with van der Waals surface area (Å²) >= 11 is 12.0. The molecule has 1 aromatic heterocycles. The minimum absolute atomic E-state index is 0.214. The molecule has 0 unspecified atom stereocenters. The molecule has 9 nitrogen and oxygen atoms in total. The molecule has 11 heteroatoms. The number of methoxy groups -OCH3 is 3. The maximum atomic E-state index is 13.3. The summed E-state index contributed by atoms with van der Waals surface area (Å²) in [5.74, 6) is 0.567. The number of rotatable bonds is 11. The third kappa shape index (κ3) is 6.93. The van der Waals surface area contributed by atoms with Crippen LogP contribution in [-0.2, 0) is 9.53 Å². The number of nitrogens with zero attached hydrogens (tertiary/aromatic N) is 3. The van der Waals surface area contributed by atoms with E-state index in [1.54, 1.807) is 73.5 Å².